The van der Waals surface area contributed by atoms with Gasteiger partial charge in [-0.25, -0.2) is 0 Å². The average molecular weight is 355 g/mol. The van der Waals surface area contributed by atoms with Gasteiger partial charge in [0.05, 0.1) is 21.8 Å². The van der Waals surface area contributed by atoms with Crippen LogP contribution in [0.1, 0.15) is 22.8 Å². The van der Waals surface area contributed by atoms with E-state index in [-0.39, 0.29) is 5.78 Å². The van der Waals surface area contributed by atoms with Gasteiger partial charge in [-0.1, -0.05) is 11.6 Å². The highest BCUT2D eigenvalue weighted by Gasteiger charge is 2.12. The Kier molecular flexibility index (Phi) is 4.68. The van der Waals surface area contributed by atoms with E-state index in [0.29, 0.717) is 34.2 Å². The van der Waals surface area contributed by atoms with Gasteiger partial charge in [0.15, 0.2) is 5.78 Å². The fourth-order valence-electron chi connectivity index (χ4n) is 1.77. The summed E-state index contributed by atoms with van der Waals surface area (Å²) in [7, 11) is 0. The summed E-state index contributed by atoms with van der Waals surface area (Å²) in [5.41, 5.74) is 7.17. The summed E-state index contributed by atoms with van der Waals surface area (Å²) in [6, 6.07) is 10.1. The molecule has 0 atom stereocenters. The van der Waals surface area contributed by atoms with Crippen LogP contribution in [0, 0.1) is 0 Å². The molecule has 0 aliphatic carbocycles. The van der Waals surface area contributed by atoms with Gasteiger partial charge in [0.25, 0.3) is 0 Å². The molecule has 0 saturated heterocycles. The zero-order valence-electron chi connectivity index (χ0n) is 10.8. The first-order valence-corrected chi connectivity index (χ1v) is 7.22. The highest BCUT2D eigenvalue weighted by molar-refractivity contribution is 9.10. The summed E-state index contributed by atoms with van der Waals surface area (Å²) in [5.74, 6) is 0.594. The van der Waals surface area contributed by atoms with Crippen LogP contribution in [-0.2, 0) is 0 Å². The first kappa shape index (κ1) is 14.9. The zero-order chi connectivity index (χ0) is 14.7. The SMILES string of the molecule is CCOc1ccc(C(=O)c2ccc(Cl)c(N)c2)cc1Br. The lowest BCUT2D eigenvalue weighted by molar-refractivity contribution is 0.103. The smallest absolute Gasteiger partial charge is 0.193 e. The van der Waals surface area contributed by atoms with Gasteiger partial charge in [-0.3, -0.25) is 4.79 Å². The summed E-state index contributed by atoms with van der Waals surface area (Å²) >= 11 is 9.24. The van der Waals surface area contributed by atoms with Crippen molar-refractivity contribution in [2.75, 3.05) is 12.3 Å². The number of benzene rings is 2. The van der Waals surface area contributed by atoms with Crippen molar-refractivity contribution in [2.24, 2.45) is 0 Å². The molecule has 2 rings (SSSR count). The summed E-state index contributed by atoms with van der Waals surface area (Å²) < 4.78 is 6.16. The maximum atomic E-state index is 12.4. The Balaban J connectivity index is 2.33. The Labute approximate surface area is 130 Å². The fourth-order valence-corrected chi connectivity index (χ4v) is 2.38. The molecule has 0 unspecified atom stereocenters. The van der Waals surface area contributed by atoms with E-state index in [9.17, 15) is 4.79 Å². The van der Waals surface area contributed by atoms with Crippen LogP contribution >= 0.6 is 27.5 Å². The summed E-state index contributed by atoms with van der Waals surface area (Å²) in [5, 5.41) is 0.439. The van der Waals surface area contributed by atoms with Gasteiger partial charge in [0, 0.05) is 11.1 Å². The molecular weight excluding hydrogens is 342 g/mol. The largest absolute Gasteiger partial charge is 0.493 e. The summed E-state index contributed by atoms with van der Waals surface area (Å²) in [6.07, 6.45) is 0. The van der Waals surface area contributed by atoms with E-state index in [1.54, 1.807) is 36.4 Å². The molecule has 0 heterocycles. The van der Waals surface area contributed by atoms with Gasteiger partial charge in [0.2, 0.25) is 0 Å². The molecule has 0 aliphatic heterocycles. The molecule has 3 nitrogen and oxygen atoms in total. The Morgan fingerprint density at radius 2 is 1.90 bits per heavy atom. The number of hydrogen-bond donors (Lipinski definition) is 1. The predicted molar refractivity (Wildman–Crippen MR) is 84.6 cm³/mol. The van der Waals surface area contributed by atoms with Crippen molar-refractivity contribution in [2.45, 2.75) is 6.92 Å². The summed E-state index contributed by atoms with van der Waals surface area (Å²) in [4.78, 5) is 12.4. The fraction of sp³-hybridized carbons (Fsp3) is 0.133. The molecule has 5 heteroatoms. The number of carbonyl (C=O) groups excluding carboxylic acids is 1. The van der Waals surface area contributed by atoms with Crippen LogP contribution in [0.4, 0.5) is 5.69 Å². The molecule has 0 aliphatic rings. The molecule has 2 aromatic carbocycles. The quantitative estimate of drug-likeness (QED) is 0.657. The maximum Gasteiger partial charge on any atom is 0.193 e. The molecule has 2 aromatic rings. The van der Waals surface area contributed by atoms with Crippen LogP contribution in [-0.4, -0.2) is 12.4 Å². The molecule has 0 aromatic heterocycles. The average Bonchev–Trinajstić information content (AvgIpc) is 2.43. The maximum absolute atomic E-state index is 12.4. The molecule has 104 valence electrons. The second kappa shape index (κ2) is 6.29. The van der Waals surface area contributed by atoms with Crippen molar-refractivity contribution in [3.05, 3.63) is 57.0 Å². The first-order valence-electron chi connectivity index (χ1n) is 6.05. The molecule has 0 saturated carbocycles. The van der Waals surface area contributed by atoms with Gasteiger partial charge in [-0.2, -0.15) is 0 Å². The highest BCUT2D eigenvalue weighted by Crippen LogP contribution is 2.28. The van der Waals surface area contributed by atoms with Crippen molar-refractivity contribution in [1.82, 2.24) is 0 Å². The molecule has 0 bridgehead atoms. The van der Waals surface area contributed by atoms with Crippen LogP contribution in [0.2, 0.25) is 5.02 Å². The van der Waals surface area contributed by atoms with E-state index in [2.05, 4.69) is 15.9 Å². The third-order valence-electron chi connectivity index (χ3n) is 2.75. The number of anilines is 1. The lowest BCUT2D eigenvalue weighted by Gasteiger charge is -2.08. The van der Waals surface area contributed by atoms with Crippen molar-refractivity contribution >= 4 is 39.0 Å². The van der Waals surface area contributed by atoms with E-state index in [0.717, 1.165) is 4.47 Å². The van der Waals surface area contributed by atoms with E-state index in [1.165, 1.54) is 0 Å². The normalized spacial score (nSPS) is 10.3. The highest BCUT2D eigenvalue weighted by atomic mass is 79.9. The van der Waals surface area contributed by atoms with Crippen molar-refractivity contribution in [3.8, 4) is 5.75 Å². The van der Waals surface area contributed by atoms with Crippen LogP contribution < -0.4 is 10.5 Å². The topological polar surface area (TPSA) is 52.3 Å². The number of nitrogen functional groups attached to an aromatic ring is 1. The Morgan fingerprint density at radius 1 is 1.25 bits per heavy atom. The number of ether oxygens (including phenoxy) is 1. The molecule has 0 amide bonds. The Bertz CT molecular complexity index is 658. The molecular formula is C15H13BrClNO2. The number of rotatable bonds is 4. The Morgan fingerprint density at radius 3 is 2.50 bits per heavy atom. The van der Waals surface area contributed by atoms with Crippen LogP contribution in [0.3, 0.4) is 0 Å². The molecule has 20 heavy (non-hydrogen) atoms. The minimum atomic E-state index is -0.114. The van der Waals surface area contributed by atoms with Gasteiger partial charge < -0.3 is 10.5 Å². The third-order valence-corrected chi connectivity index (χ3v) is 3.72. The minimum Gasteiger partial charge on any atom is -0.493 e. The lowest BCUT2D eigenvalue weighted by Crippen LogP contribution is -2.03. The van der Waals surface area contributed by atoms with Crippen LogP contribution in [0.15, 0.2) is 40.9 Å². The predicted octanol–water partition coefficient (Wildman–Crippen LogP) is 4.31. The number of carbonyl (C=O) groups is 1. The van der Waals surface area contributed by atoms with Crippen molar-refractivity contribution in [1.29, 1.82) is 0 Å². The molecule has 0 radical (unpaired) electrons. The first-order chi connectivity index (χ1) is 9.52. The van der Waals surface area contributed by atoms with Gasteiger partial charge in [-0.05, 0) is 59.3 Å². The monoisotopic (exact) mass is 353 g/mol. The van der Waals surface area contributed by atoms with E-state index < -0.39 is 0 Å². The van der Waals surface area contributed by atoms with Crippen molar-refractivity contribution < 1.29 is 9.53 Å². The van der Waals surface area contributed by atoms with E-state index in [1.807, 2.05) is 6.92 Å². The van der Waals surface area contributed by atoms with Gasteiger partial charge >= 0.3 is 0 Å². The molecule has 2 N–H and O–H groups in total. The van der Waals surface area contributed by atoms with Crippen LogP contribution in [0.5, 0.6) is 5.75 Å². The van der Waals surface area contributed by atoms with Gasteiger partial charge in [-0.15, -0.1) is 0 Å². The number of halogens is 2. The minimum absolute atomic E-state index is 0.114. The second-order valence-corrected chi connectivity index (χ2v) is 5.41. The van der Waals surface area contributed by atoms with E-state index in [4.69, 9.17) is 22.1 Å². The molecule has 0 fully saturated rings. The number of nitrogens with two attached hydrogens (primary N) is 1. The number of hydrogen-bond acceptors (Lipinski definition) is 3. The van der Waals surface area contributed by atoms with Crippen molar-refractivity contribution in [3.63, 3.8) is 0 Å². The third kappa shape index (κ3) is 3.14. The van der Waals surface area contributed by atoms with E-state index >= 15 is 0 Å². The molecule has 0 spiro atoms. The van der Waals surface area contributed by atoms with Gasteiger partial charge in [0.1, 0.15) is 5.75 Å². The zero-order valence-corrected chi connectivity index (χ0v) is 13.2. The Hall–Kier alpha value is -1.52. The number of ketones is 1. The van der Waals surface area contributed by atoms with Crippen LogP contribution in [0.25, 0.3) is 0 Å². The summed E-state index contributed by atoms with van der Waals surface area (Å²) in [6.45, 7) is 2.47. The second-order valence-electron chi connectivity index (χ2n) is 4.14. The lowest BCUT2D eigenvalue weighted by atomic mass is 10.0. The standard InChI is InChI=1S/C15H13BrClNO2/c1-2-20-14-6-4-9(7-11(14)16)15(19)10-3-5-12(17)13(18)8-10/h3-8H,2,18H2,1H3.